The third kappa shape index (κ3) is 1.91. The zero-order valence-corrected chi connectivity index (χ0v) is 8.18. The molecule has 0 saturated carbocycles. The Morgan fingerprint density at radius 3 is 2.50 bits per heavy atom. The summed E-state index contributed by atoms with van der Waals surface area (Å²) in [7, 11) is 1.44. The first-order chi connectivity index (χ1) is 6.53. The standard InChI is InChI=1S/C10H13F2NO/c1-10(6-13,14-2)8-4-3-7(11)5-9(8)12/h3-5H,6,13H2,1-2H3. The number of hydrogen-bond acceptors (Lipinski definition) is 2. The molecule has 4 heteroatoms. The van der Waals surface area contributed by atoms with Gasteiger partial charge in [-0.25, -0.2) is 8.78 Å². The Balaban J connectivity index is 3.17. The summed E-state index contributed by atoms with van der Waals surface area (Å²) in [5.41, 5.74) is 4.83. The van der Waals surface area contributed by atoms with E-state index in [9.17, 15) is 8.78 Å². The first-order valence-electron chi connectivity index (χ1n) is 4.24. The molecule has 0 spiro atoms. The van der Waals surface area contributed by atoms with E-state index >= 15 is 0 Å². The van der Waals surface area contributed by atoms with Gasteiger partial charge in [-0.15, -0.1) is 0 Å². The minimum Gasteiger partial charge on any atom is -0.372 e. The molecule has 2 N–H and O–H groups in total. The Bertz CT molecular complexity index is 324. The van der Waals surface area contributed by atoms with Crippen molar-refractivity contribution < 1.29 is 13.5 Å². The molecule has 0 aliphatic carbocycles. The van der Waals surface area contributed by atoms with Crippen LogP contribution in [0.5, 0.6) is 0 Å². The van der Waals surface area contributed by atoms with Crippen LogP contribution in [-0.2, 0) is 10.3 Å². The average Bonchev–Trinajstić information content (AvgIpc) is 2.17. The molecule has 0 amide bonds. The largest absolute Gasteiger partial charge is 0.372 e. The summed E-state index contributed by atoms with van der Waals surface area (Å²) in [6.07, 6.45) is 0. The van der Waals surface area contributed by atoms with Crippen LogP contribution in [0.1, 0.15) is 12.5 Å². The predicted molar refractivity (Wildman–Crippen MR) is 49.8 cm³/mol. The molecule has 1 aromatic rings. The minimum atomic E-state index is -0.905. The molecule has 1 aromatic carbocycles. The van der Waals surface area contributed by atoms with Gasteiger partial charge in [0.15, 0.2) is 0 Å². The summed E-state index contributed by atoms with van der Waals surface area (Å²) in [4.78, 5) is 0. The van der Waals surface area contributed by atoms with E-state index in [1.165, 1.54) is 19.2 Å². The third-order valence-electron chi connectivity index (χ3n) is 2.34. The smallest absolute Gasteiger partial charge is 0.132 e. The molecule has 0 aliphatic rings. The lowest BCUT2D eigenvalue weighted by atomic mass is 9.95. The van der Waals surface area contributed by atoms with Gasteiger partial charge in [0.2, 0.25) is 0 Å². The zero-order chi connectivity index (χ0) is 10.8. The Hall–Kier alpha value is -1.00. The molecule has 14 heavy (non-hydrogen) atoms. The second-order valence-corrected chi connectivity index (χ2v) is 3.26. The lowest BCUT2D eigenvalue weighted by Crippen LogP contribution is -2.34. The highest BCUT2D eigenvalue weighted by atomic mass is 19.1. The van der Waals surface area contributed by atoms with Crippen molar-refractivity contribution in [1.29, 1.82) is 0 Å². The van der Waals surface area contributed by atoms with Gasteiger partial charge >= 0.3 is 0 Å². The SMILES string of the molecule is COC(C)(CN)c1ccc(F)cc1F. The van der Waals surface area contributed by atoms with Crippen molar-refractivity contribution in [3.8, 4) is 0 Å². The Kier molecular flexibility index (Phi) is 3.18. The average molecular weight is 201 g/mol. The fourth-order valence-corrected chi connectivity index (χ4v) is 1.22. The van der Waals surface area contributed by atoms with Gasteiger partial charge in [0, 0.05) is 25.3 Å². The normalized spacial score (nSPS) is 15.2. The molecule has 0 fully saturated rings. The molecule has 0 aliphatic heterocycles. The van der Waals surface area contributed by atoms with Gasteiger partial charge in [-0.3, -0.25) is 0 Å². The molecule has 1 rings (SSSR count). The van der Waals surface area contributed by atoms with E-state index in [-0.39, 0.29) is 12.1 Å². The minimum absolute atomic E-state index is 0.131. The summed E-state index contributed by atoms with van der Waals surface area (Å²) >= 11 is 0. The van der Waals surface area contributed by atoms with Crippen molar-refractivity contribution in [2.75, 3.05) is 13.7 Å². The van der Waals surface area contributed by atoms with Crippen LogP contribution in [0.2, 0.25) is 0 Å². The van der Waals surface area contributed by atoms with E-state index in [4.69, 9.17) is 10.5 Å². The van der Waals surface area contributed by atoms with E-state index in [1.807, 2.05) is 0 Å². The van der Waals surface area contributed by atoms with Gasteiger partial charge in [-0.05, 0) is 13.0 Å². The first-order valence-corrected chi connectivity index (χ1v) is 4.24. The van der Waals surface area contributed by atoms with Crippen molar-refractivity contribution in [3.05, 3.63) is 35.4 Å². The van der Waals surface area contributed by atoms with Crippen LogP contribution in [-0.4, -0.2) is 13.7 Å². The predicted octanol–water partition coefficient (Wildman–Crippen LogP) is 1.79. The summed E-state index contributed by atoms with van der Waals surface area (Å²) in [5.74, 6) is -1.25. The van der Waals surface area contributed by atoms with Crippen LogP contribution in [0.4, 0.5) is 8.78 Å². The Labute approximate surface area is 81.7 Å². The van der Waals surface area contributed by atoms with Crippen LogP contribution >= 0.6 is 0 Å². The molecule has 1 unspecified atom stereocenters. The van der Waals surface area contributed by atoms with E-state index in [1.54, 1.807) is 6.92 Å². The van der Waals surface area contributed by atoms with Crippen molar-refractivity contribution in [1.82, 2.24) is 0 Å². The molecule has 0 saturated heterocycles. The molecule has 0 bridgehead atoms. The van der Waals surface area contributed by atoms with Crippen LogP contribution in [0.3, 0.4) is 0 Å². The zero-order valence-electron chi connectivity index (χ0n) is 8.18. The van der Waals surface area contributed by atoms with E-state index in [0.29, 0.717) is 0 Å². The number of rotatable bonds is 3. The Morgan fingerprint density at radius 1 is 1.43 bits per heavy atom. The maximum absolute atomic E-state index is 13.3. The molecule has 2 nitrogen and oxygen atoms in total. The molecule has 0 heterocycles. The van der Waals surface area contributed by atoms with E-state index in [2.05, 4.69) is 0 Å². The molecule has 0 radical (unpaired) electrons. The highest BCUT2D eigenvalue weighted by Gasteiger charge is 2.27. The number of benzene rings is 1. The molecule has 0 aromatic heterocycles. The molecule has 78 valence electrons. The van der Waals surface area contributed by atoms with Gasteiger partial charge in [-0.1, -0.05) is 6.07 Å². The summed E-state index contributed by atoms with van der Waals surface area (Å²) in [6.45, 7) is 1.79. The van der Waals surface area contributed by atoms with Gasteiger partial charge in [0.1, 0.15) is 17.2 Å². The van der Waals surface area contributed by atoms with Crippen molar-refractivity contribution in [3.63, 3.8) is 0 Å². The second-order valence-electron chi connectivity index (χ2n) is 3.26. The molecular formula is C10H13F2NO. The van der Waals surface area contributed by atoms with Crippen LogP contribution in [0.15, 0.2) is 18.2 Å². The summed E-state index contributed by atoms with van der Waals surface area (Å²) in [5, 5.41) is 0. The van der Waals surface area contributed by atoms with Crippen LogP contribution in [0.25, 0.3) is 0 Å². The van der Waals surface area contributed by atoms with Gasteiger partial charge in [-0.2, -0.15) is 0 Å². The maximum Gasteiger partial charge on any atom is 0.132 e. The maximum atomic E-state index is 13.3. The lowest BCUT2D eigenvalue weighted by Gasteiger charge is -2.27. The topological polar surface area (TPSA) is 35.2 Å². The van der Waals surface area contributed by atoms with Crippen LogP contribution in [0, 0.1) is 11.6 Å². The summed E-state index contributed by atoms with van der Waals surface area (Å²) in [6, 6.07) is 3.36. The molecular weight excluding hydrogens is 188 g/mol. The van der Waals surface area contributed by atoms with Gasteiger partial charge in [0.05, 0.1) is 0 Å². The lowest BCUT2D eigenvalue weighted by molar-refractivity contribution is 0.00709. The third-order valence-corrected chi connectivity index (χ3v) is 2.34. The van der Waals surface area contributed by atoms with Crippen molar-refractivity contribution in [2.24, 2.45) is 5.73 Å². The van der Waals surface area contributed by atoms with Crippen LogP contribution < -0.4 is 5.73 Å². The number of nitrogens with two attached hydrogens (primary N) is 1. The van der Waals surface area contributed by atoms with Crippen molar-refractivity contribution in [2.45, 2.75) is 12.5 Å². The van der Waals surface area contributed by atoms with Crippen molar-refractivity contribution >= 4 is 0 Å². The number of methoxy groups -OCH3 is 1. The number of hydrogen-bond donors (Lipinski definition) is 1. The number of ether oxygens (including phenoxy) is 1. The highest BCUT2D eigenvalue weighted by molar-refractivity contribution is 5.25. The Morgan fingerprint density at radius 2 is 2.07 bits per heavy atom. The van der Waals surface area contributed by atoms with E-state index in [0.717, 1.165) is 6.07 Å². The quantitative estimate of drug-likeness (QED) is 0.809. The summed E-state index contributed by atoms with van der Waals surface area (Å²) < 4.78 is 31.1. The second kappa shape index (κ2) is 4.02. The fraction of sp³-hybridized carbons (Fsp3) is 0.400. The van der Waals surface area contributed by atoms with E-state index < -0.39 is 17.2 Å². The highest BCUT2D eigenvalue weighted by Crippen LogP contribution is 2.26. The first kappa shape index (κ1) is 11.1. The monoisotopic (exact) mass is 201 g/mol. The molecule has 1 atom stereocenters. The van der Waals surface area contributed by atoms with Gasteiger partial charge in [0.25, 0.3) is 0 Å². The fourth-order valence-electron chi connectivity index (χ4n) is 1.22. The van der Waals surface area contributed by atoms with Gasteiger partial charge < -0.3 is 10.5 Å². The number of halogens is 2.